The van der Waals surface area contributed by atoms with Crippen LogP contribution in [-0.4, -0.2) is 34.3 Å². The van der Waals surface area contributed by atoms with Crippen molar-refractivity contribution in [1.29, 1.82) is 0 Å². The highest BCUT2D eigenvalue weighted by molar-refractivity contribution is 5.71. The van der Waals surface area contributed by atoms with Crippen LogP contribution in [0.5, 0.6) is 0 Å². The molecule has 0 saturated carbocycles. The zero-order valence-electron chi connectivity index (χ0n) is 14.3. The van der Waals surface area contributed by atoms with Crippen molar-refractivity contribution in [3.63, 3.8) is 0 Å². The van der Waals surface area contributed by atoms with Gasteiger partial charge < -0.3 is 9.30 Å². The van der Waals surface area contributed by atoms with Gasteiger partial charge >= 0.3 is 5.97 Å². The maximum atomic E-state index is 14.3. The number of anilines is 1. The van der Waals surface area contributed by atoms with Gasteiger partial charge in [0.25, 0.3) is 0 Å². The van der Waals surface area contributed by atoms with E-state index in [-0.39, 0.29) is 6.61 Å². The molecule has 0 aliphatic rings. The Hall–Kier alpha value is -2.41. The number of carbonyl (C=O) groups is 1. The minimum atomic E-state index is -0.573. The summed E-state index contributed by atoms with van der Waals surface area (Å²) < 4.78 is 21.1. The molecule has 0 unspecified atom stereocenters. The standard InChI is InChI=1S/C17H22FN3O3/c1-5-21(23-11-16(22)24-17(2,3)4)13-6-7-15(14(18)10-13)20-9-8-19-12-20/h6-10,12H,5,11H2,1-4H3. The maximum Gasteiger partial charge on any atom is 0.335 e. The van der Waals surface area contributed by atoms with Gasteiger partial charge in [-0.2, -0.15) is 0 Å². The summed E-state index contributed by atoms with van der Waals surface area (Å²) in [5.74, 6) is -0.888. The molecule has 1 heterocycles. The van der Waals surface area contributed by atoms with Crippen LogP contribution >= 0.6 is 0 Å². The fourth-order valence-corrected chi connectivity index (χ4v) is 2.11. The molecular formula is C17H22FN3O3. The molecule has 0 amide bonds. The van der Waals surface area contributed by atoms with Crippen molar-refractivity contribution in [3.05, 3.63) is 42.7 Å². The monoisotopic (exact) mass is 335 g/mol. The van der Waals surface area contributed by atoms with E-state index in [0.717, 1.165) is 0 Å². The Labute approximate surface area is 140 Å². The Morgan fingerprint density at radius 2 is 2.12 bits per heavy atom. The van der Waals surface area contributed by atoms with Crippen molar-refractivity contribution < 1.29 is 18.8 Å². The van der Waals surface area contributed by atoms with Gasteiger partial charge in [0.1, 0.15) is 11.4 Å². The molecule has 0 bridgehead atoms. The number of esters is 1. The van der Waals surface area contributed by atoms with Crippen LogP contribution in [0.4, 0.5) is 10.1 Å². The molecule has 2 aromatic rings. The SMILES string of the molecule is CCN(OCC(=O)OC(C)(C)C)c1ccc(-n2ccnc2)c(F)c1. The summed E-state index contributed by atoms with van der Waals surface area (Å²) in [6.45, 7) is 7.41. The number of hydrogen-bond acceptors (Lipinski definition) is 5. The van der Waals surface area contributed by atoms with Gasteiger partial charge in [0, 0.05) is 25.0 Å². The quantitative estimate of drug-likeness (QED) is 0.600. The minimum absolute atomic E-state index is 0.240. The molecule has 0 fully saturated rings. The van der Waals surface area contributed by atoms with Gasteiger partial charge in [-0.3, -0.25) is 9.90 Å². The van der Waals surface area contributed by atoms with Crippen LogP contribution in [0.15, 0.2) is 36.9 Å². The largest absolute Gasteiger partial charge is 0.458 e. The Morgan fingerprint density at radius 3 is 2.67 bits per heavy atom. The van der Waals surface area contributed by atoms with Crippen molar-refractivity contribution in [2.45, 2.75) is 33.3 Å². The second kappa shape index (κ2) is 7.44. The summed E-state index contributed by atoms with van der Waals surface area (Å²) in [7, 11) is 0. The first-order valence-electron chi connectivity index (χ1n) is 7.70. The molecule has 2 rings (SSSR count). The van der Waals surface area contributed by atoms with Gasteiger partial charge in [0.2, 0.25) is 0 Å². The Balaban J connectivity index is 2.05. The second-order valence-corrected chi connectivity index (χ2v) is 6.16. The van der Waals surface area contributed by atoms with E-state index in [1.807, 2.05) is 6.92 Å². The van der Waals surface area contributed by atoms with Crippen LogP contribution in [0.3, 0.4) is 0 Å². The van der Waals surface area contributed by atoms with Crippen LogP contribution in [0.25, 0.3) is 5.69 Å². The number of ether oxygens (including phenoxy) is 1. The van der Waals surface area contributed by atoms with Crippen molar-refractivity contribution >= 4 is 11.7 Å². The summed E-state index contributed by atoms with van der Waals surface area (Å²) in [5, 5.41) is 1.45. The predicted molar refractivity (Wildman–Crippen MR) is 88.3 cm³/mol. The molecule has 0 N–H and O–H groups in total. The molecule has 24 heavy (non-hydrogen) atoms. The highest BCUT2D eigenvalue weighted by Gasteiger charge is 2.18. The average molecular weight is 335 g/mol. The first-order valence-corrected chi connectivity index (χ1v) is 7.70. The molecule has 1 aromatic carbocycles. The van der Waals surface area contributed by atoms with E-state index < -0.39 is 17.4 Å². The van der Waals surface area contributed by atoms with Gasteiger partial charge in [-0.1, -0.05) is 0 Å². The summed E-state index contributed by atoms with van der Waals surface area (Å²) in [6, 6.07) is 4.71. The van der Waals surface area contributed by atoms with Crippen molar-refractivity contribution in [3.8, 4) is 5.69 Å². The van der Waals surface area contributed by atoms with Gasteiger partial charge in [0.15, 0.2) is 6.61 Å². The Morgan fingerprint density at radius 1 is 1.38 bits per heavy atom. The molecule has 0 atom stereocenters. The third kappa shape index (κ3) is 4.79. The number of imidazole rings is 1. The number of aromatic nitrogens is 2. The van der Waals surface area contributed by atoms with E-state index in [4.69, 9.17) is 9.57 Å². The molecule has 0 aliphatic carbocycles. The Kier molecular flexibility index (Phi) is 5.56. The fourth-order valence-electron chi connectivity index (χ4n) is 2.11. The summed E-state index contributed by atoms with van der Waals surface area (Å²) >= 11 is 0. The van der Waals surface area contributed by atoms with E-state index in [1.165, 1.54) is 17.5 Å². The van der Waals surface area contributed by atoms with Gasteiger partial charge in [-0.05, 0) is 39.8 Å². The van der Waals surface area contributed by atoms with Crippen LogP contribution in [0.2, 0.25) is 0 Å². The van der Waals surface area contributed by atoms with E-state index >= 15 is 0 Å². The molecule has 0 spiro atoms. The number of nitrogens with zero attached hydrogens (tertiary/aromatic N) is 3. The van der Waals surface area contributed by atoms with Gasteiger partial charge in [0.05, 0.1) is 17.7 Å². The molecule has 0 aliphatic heterocycles. The normalized spacial score (nSPS) is 11.4. The van der Waals surface area contributed by atoms with Gasteiger partial charge in [-0.15, -0.1) is 0 Å². The van der Waals surface area contributed by atoms with Crippen LogP contribution in [0.1, 0.15) is 27.7 Å². The van der Waals surface area contributed by atoms with Gasteiger partial charge in [-0.25, -0.2) is 14.2 Å². The van der Waals surface area contributed by atoms with E-state index in [2.05, 4.69) is 4.98 Å². The average Bonchev–Trinajstić information content (AvgIpc) is 3.00. The number of halogens is 1. The first kappa shape index (κ1) is 17.9. The molecule has 0 saturated heterocycles. The molecular weight excluding hydrogens is 313 g/mol. The molecule has 7 heteroatoms. The van der Waals surface area contributed by atoms with Crippen LogP contribution in [0, 0.1) is 5.82 Å². The topological polar surface area (TPSA) is 56.6 Å². The number of carbonyl (C=O) groups excluding carboxylic acids is 1. The number of benzene rings is 1. The van der Waals surface area contributed by atoms with Crippen LogP contribution < -0.4 is 5.06 Å². The minimum Gasteiger partial charge on any atom is -0.458 e. The summed E-state index contributed by atoms with van der Waals surface area (Å²) in [4.78, 5) is 21.1. The molecule has 6 nitrogen and oxygen atoms in total. The molecule has 130 valence electrons. The van der Waals surface area contributed by atoms with E-state index in [0.29, 0.717) is 17.9 Å². The van der Waals surface area contributed by atoms with E-state index in [1.54, 1.807) is 49.9 Å². The lowest BCUT2D eigenvalue weighted by molar-refractivity contribution is -0.160. The number of hydrogen-bond donors (Lipinski definition) is 0. The van der Waals surface area contributed by atoms with E-state index in [9.17, 15) is 9.18 Å². The summed E-state index contributed by atoms with van der Waals surface area (Å²) in [6.07, 6.45) is 4.76. The third-order valence-corrected chi connectivity index (χ3v) is 3.05. The predicted octanol–water partition coefficient (Wildman–Crippen LogP) is 3.11. The zero-order chi connectivity index (χ0) is 17.7. The van der Waals surface area contributed by atoms with Crippen molar-refractivity contribution in [2.75, 3.05) is 18.2 Å². The Bertz CT molecular complexity index is 681. The molecule has 0 radical (unpaired) electrons. The lowest BCUT2D eigenvalue weighted by Crippen LogP contribution is -2.31. The fraction of sp³-hybridized carbons (Fsp3) is 0.412. The first-order chi connectivity index (χ1) is 11.3. The third-order valence-electron chi connectivity index (χ3n) is 3.05. The van der Waals surface area contributed by atoms with Crippen molar-refractivity contribution in [1.82, 2.24) is 9.55 Å². The lowest BCUT2D eigenvalue weighted by atomic mass is 10.2. The highest BCUT2D eigenvalue weighted by Crippen LogP contribution is 2.21. The second-order valence-electron chi connectivity index (χ2n) is 6.16. The summed E-state index contributed by atoms with van der Waals surface area (Å²) in [5.41, 5.74) is 0.331. The zero-order valence-corrected chi connectivity index (χ0v) is 14.3. The number of hydroxylamine groups is 1. The number of rotatable bonds is 6. The lowest BCUT2D eigenvalue weighted by Gasteiger charge is -2.24. The van der Waals surface area contributed by atoms with Crippen LogP contribution in [-0.2, 0) is 14.4 Å². The maximum absolute atomic E-state index is 14.3. The molecule has 1 aromatic heterocycles. The van der Waals surface area contributed by atoms with Crippen molar-refractivity contribution in [2.24, 2.45) is 0 Å². The highest BCUT2D eigenvalue weighted by atomic mass is 19.1. The smallest absolute Gasteiger partial charge is 0.335 e.